The quantitative estimate of drug-likeness (QED) is 0.465. The number of rotatable bonds is 9. The molecule has 0 fully saturated rings. The molecule has 0 saturated heterocycles. The number of carboxylic acids is 1. The molecular formula is C25H30N2O2. The summed E-state index contributed by atoms with van der Waals surface area (Å²) in [5.74, 6) is -0.193. The van der Waals surface area contributed by atoms with E-state index in [2.05, 4.69) is 56.3 Å². The summed E-state index contributed by atoms with van der Waals surface area (Å²) in [5.41, 5.74) is 5.65. The number of pyridine rings is 1. The molecule has 0 saturated carbocycles. The first-order valence-electron chi connectivity index (χ1n) is 10.4. The Hall–Kier alpha value is -2.88. The Balaban J connectivity index is 2.06. The lowest BCUT2D eigenvalue weighted by Gasteiger charge is -2.19. The SMILES string of the molecule is CCCCCCc1ccc2nc(N(C)CC(=O)O)cc(-c3cccc(C)c3)c2c1. The van der Waals surface area contributed by atoms with E-state index in [-0.39, 0.29) is 6.54 Å². The molecule has 1 N–H and O–H groups in total. The van der Waals surface area contributed by atoms with Gasteiger partial charge in [0.15, 0.2) is 0 Å². The number of carboxylic acid groups (broad SMARTS) is 1. The number of hydrogen-bond donors (Lipinski definition) is 1. The zero-order valence-corrected chi connectivity index (χ0v) is 17.6. The highest BCUT2D eigenvalue weighted by Gasteiger charge is 2.13. The molecule has 1 aromatic heterocycles. The molecule has 0 unspecified atom stereocenters. The molecule has 4 nitrogen and oxygen atoms in total. The number of unbranched alkanes of at least 4 members (excludes halogenated alkanes) is 3. The normalized spacial score (nSPS) is 11.0. The number of likely N-dealkylation sites (N-methyl/N-ethyl adjacent to an activating group) is 1. The highest BCUT2D eigenvalue weighted by atomic mass is 16.4. The average Bonchev–Trinajstić information content (AvgIpc) is 2.70. The van der Waals surface area contributed by atoms with Gasteiger partial charge in [-0.1, -0.05) is 62.1 Å². The fourth-order valence-electron chi connectivity index (χ4n) is 3.70. The van der Waals surface area contributed by atoms with Crippen LogP contribution in [-0.2, 0) is 11.2 Å². The monoisotopic (exact) mass is 390 g/mol. The molecule has 1 heterocycles. The lowest BCUT2D eigenvalue weighted by atomic mass is 9.96. The molecule has 0 spiro atoms. The number of nitrogens with zero attached hydrogens (tertiary/aromatic N) is 2. The van der Waals surface area contributed by atoms with Gasteiger partial charge in [-0.05, 0) is 54.7 Å². The van der Waals surface area contributed by atoms with E-state index in [1.165, 1.54) is 36.8 Å². The predicted molar refractivity (Wildman–Crippen MR) is 121 cm³/mol. The lowest BCUT2D eigenvalue weighted by molar-refractivity contribution is -0.135. The third kappa shape index (κ3) is 5.35. The zero-order valence-electron chi connectivity index (χ0n) is 17.6. The van der Waals surface area contributed by atoms with Crippen molar-refractivity contribution in [1.82, 2.24) is 4.98 Å². The van der Waals surface area contributed by atoms with Gasteiger partial charge in [-0.3, -0.25) is 4.79 Å². The molecule has 0 atom stereocenters. The van der Waals surface area contributed by atoms with Crippen LogP contribution in [0.1, 0.15) is 43.7 Å². The molecule has 0 aliphatic heterocycles. The zero-order chi connectivity index (χ0) is 20.8. The topological polar surface area (TPSA) is 53.4 Å². The molecular weight excluding hydrogens is 360 g/mol. The number of aliphatic carboxylic acids is 1. The number of aryl methyl sites for hydroxylation is 2. The summed E-state index contributed by atoms with van der Waals surface area (Å²) in [6.45, 7) is 4.24. The van der Waals surface area contributed by atoms with E-state index < -0.39 is 5.97 Å². The number of carbonyl (C=O) groups is 1. The summed E-state index contributed by atoms with van der Waals surface area (Å²) < 4.78 is 0. The van der Waals surface area contributed by atoms with Crippen LogP contribution >= 0.6 is 0 Å². The first kappa shape index (κ1) is 20.8. The second-order valence-electron chi connectivity index (χ2n) is 7.81. The minimum atomic E-state index is -0.867. The minimum absolute atomic E-state index is 0.0821. The van der Waals surface area contributed by atoms with Gasteiger partial charge in [-0.2, -0.15) is 0 Å². The second kappa shape index (κ2) is 9.55. The van der Waals surface area contributed by atoms with E-state index in [1.807, 2.05) is 6.07 Å². The van der Waals surface area contributed by atoms with E-state index >= 15 is 0 Å². The van der Waals surface area contributed by atoms with Crippen molar-refractivity contribution in [3.63, 3.8) is 0 Å². The van der Waals surface area contributed by atoms with E-state index in [4.69, 9.17) is 10.1 Å². The van der Waals surface area contributed by atoms with Gasteiger partial charge < -0.3 is 10.0 Å². The molecule has 29 heavy (non-hydrogen) atoms. The van der Waals surface area contributed by atoms with Crippen molar-refractivity contribution in [2.45, 2.75) is 46.0 Å². The number of anilines is 1. The fraction of sp³-hybridized carbons (Fsp3) is 0.360. The predicted octanol–water partition coefficient (Wildman–Crippen LogP) is 5.85. The van der Waals surface area contributed by atoms with Crippen LogP contribution in [-0.4, -0.2) is 29.7 Å². The van der Waals surface area contributed by atoms with Gasteiger partial charge >= 0.3 is 5.97 Å². The second-order valence-corrected chi connectivity index (χ2v) is 7.81. The summed E-state index contributed by atoms with van der Waals surface area (Å²) >= 11 is 0. The van der Waals surface area contributed by atoms with Crippen LogP contribution in [0.15, 0.2) is 48.5 Å². The van der Waals surface area contributed by atoms with Crippen LogP contribution < -0.4 is 4.90 Å². The molecule has 0 bridgehead atoms. The third-order valence-corrected chi connectivity index (χ3v) is 5.27. The van der Waals surface area contributed by atoms with Crippen molar-refractivity contribution in [3.05, 3.63) is 59.7 Å². The first-order valence-corrected chi connectivity index (χ1v) is 10.4. The Morgan fingerprint density at radius 1 is 1.07 bits per heavy atom. The Morgan fingerprint density at radius 2 is 1.90 bits per heavy atom. The Bertz CT molecular complexity index is 997. The van der Waals surface area contributed by atoms with Crippen molar-refractivity contribution in [3.8, 4) is 11.1 Å². The van der Waals surface area contributed by atoms with Gasteiger partial charge in [0.05, 0.1) is 5.52 Å². The molecule has 4 heteroatoms. The van der Waals surface area contributed by atoms with Gasteiger partial charge in [0, 0.05) is 12.4 Å². The van der Waals surface area contributed by atoms with Crippen molar-refractivity contribution in [1.29, 1.82) is 0 Å². The standard InChI is InChI=1S/C25H30N2O2/c1-4-5-6-7-10-19-12-13-23-22(15-19)21(20-11-8-9-18(2)14-20)16-24(26-23)27(3)17-25(28)29/h8-9,11-16H,4-7,10,17H2,1-3H3,(H,28,29). The molecule has 3 rings (SSSR count). The Morgan fingerprint density at radius 3 is 2.62 bits per heavy atom. The summed E-state index contributed by atoms with van der Waals surface area (Å²) in [5, 5.41) is 10.3. The van der Waals surface area contributed by atoms with Crippen molar-refractivity contribution in [2.75, 3.05) is 18.5 Å². The maximum absolute atomic E-state index is 11.2. The van der Waals surface area contributed by atoms with Crippen LogP contribution in [0.25, 0.3) is 22.0 Å². The largest absolute Gasteiger partial charge is 0.480 e. The van der Waals surface area contributed by atoms with Crippen LogP contribution in [0.2, 0.25) is 0 Å². The highest BCUT2D eigenvalue weighted by Crippen LogP contribution is 2.32. The molecule has 0 aliphatic carbocycles. The average molecular weight is 391 g/mol. The van der Waals surface area contributed by atoms with Crippen LogP contribution in [0.3, 0.4) is 0 Å². The maximum atomic E-state index is 11.2. The molecule has 152 valence electrons. The van der Waals surface area contributed by atoms with Crippen LogP contribution in [0.4, 0.5) is 5.82 Å². The van der Waals surface area contributed by atoms with E-state index in [0.29, 0.717) is 5.82 Å². The van der Waals surface area contributed by atoms with Gasteiger partial charge in [0.25, 0.3) is 0 Å². The van der Waals surface area contributed by atoms with Crippen LogP contribution in [0, 0.1) is 6.92 Å². The lowest BCUT2D eigenvalue weighted by Crippen LogP contribution is -2.26. The number of hydrogen-bond acceptors (Lipinski definition) is 3. The van der Waals surface area contributed by atoms with Gasteiger partial charge in [-0.15, -0.1) is 0 Å². The number of aromatic nitrogens is 1. The van der Waals surface area contributed by atoms with Crippen molar-refractivity contribution < 1.29 is 9.90 Å². The molecule has 3 aromatic rings. The van der Waals surface area contributed by atoms with Crippen molar-refractivity contribution in [2.24, 2.45) is 0 Å². The summed E-state index contributed by atoms with van der Waals surface area (Å²) in [4.78, 5) is 17.6. The minimum Gasteiger partial charge on any atom is -0.480 e. The Labute approximate surface area is 173 Å². The smallest absolute Gasteiger partial charge is 0.323 e. The van der Waals surface area contributed by atoms with Gasteiger partial charge in [-0.25, -0.2) is 4.98 Å². The third-order valence-electron chi connectivity index (χ3n) is 5.27. The molecule has 0 amide bonds. The fourth-order valence-corrected chi connectivity index (χ4v) is 3.70. The molecule has 2 aromatic carbocycles. The highest BCUT2D eigenvalue weighted by molar-refractivity contribution is 5.96. The molecule has 0 radical (unpaired) electrons. The van der Waals surface area contributed by atoms with Gasteiger partial charge in [0.1, 0.15) is 12.4 Å². The van der Waals surface area contributed by atoms with Crippen LogP contribution in [0.5, 0.6) is 0 Å². The molecule has 0 aliphatic rings. The van der Waals surface area contributed by atoms with Gasteiger partial charge in [0.2, 0.25) is 0 Å². The Kier molecular flexibility index (Phi) is 6.86. The first-order chi connectivity index (χ1) is 14.0. The summed E-state index contributed by atoms with van der Waals surface area (Å²) in [6.07, 6.45) is 6.06. The number of benzene rings is 2. The number of fused-ring (bicyclic) bond motifs is 1. The van der Waals surface area contributed by atoms with Crippen molar-refractivity contribution >= 4 is 22.7 Å². The van der Waals surface area contributed by atoms with E-state index in [0.717, 1.165) is 28.5 Å². The van der Waals surface area contributed by atoms with E-state index in [9.17, 15) is 4.79 Å². The summed E-state index contributed by atoms with van der Waals surface area (Å²) in [7, 11) is 1.77. The van der Waals surface area contributed by atoms with E-state index in [1.54, 1.807) is 11.9 Å². The summed E-state index contributed by atoms with van der Waals surface area (Å²) in [6, 6.07) is 16.9. The maximum Gasteiger partial charge on any atom is 0.323 e.